The molecule has 4 heteroatoms. The Balaban J connectivity index is 2.14. The fraction of sp³-hybridized carbons (Fsp3) is 0.562. The molecule has 1 N–H and O–H groups in total. The molecule has 0 bridgehead atoms. The maximum Gasteiger partial charge on any atom is 0.246 e. The Labute approximate surface area is 126 Å². The van der Waals surface area contributed by atoms with E-state index in [9.17, 15) is 4.79 Å². The van der Waals surface area contributed by atoms with Crippen LogP contribution in [0.3, 0.4) is 0 Å². The fourth-order valence-corrected chi connectivity index (χ4v) is 2.86. The van der Waals surface area contributed by atoms with Gasteiger partial charge < -0.3 is 9.80 Å². The van der Waals surface area contributed by atoms with Crippen LogP contribution in [0, 0.1) is 0 Å². The van der Waals surface area contributed by atoms with Crippen molar-refractivity contribution in [3.05, 3.63) is 34.5 Å². The standard InChI is InChI=1S/C16H26N2OS/c1-14(2)16(19)17-10-7-12-18(3,4)11-5-8-15-9-6-13-20-15/h6,9,13H,1,5,7-8,10-12H2,2-4H3/p+1. The summed E-state index contributed by atoms with van der Waals surface area (Å²) in [6, 6.07) is 4.32. The fourth-order valence-electron chi connectivity index (χ4n) is 2.11. The molecule has 1 aromatic heterocycles. The Morgan fingerprint density at radius 3 is 2.65 bits per heavy atom. The van der Waals surface area contributed by atoms with Gasteiger partial charge in [0.2, 0.25) is 5.91 Å². The Morgan fingerprint density at radius 2 is 2.05 bits per heavy atom. The van der Waals surface area contributed by atoms with E-state index in [4.69, 9.17) is 0 Å². The number of hydrogen-bond donors (Lipinski definition) is 1. The van der Waals surface area contributed by atoms with Crippen LogP contribution in [0.15, 0.2) is 29.7 Å². The van der Waals surface area contributed by atoms with Crippen molar-refractivity contribution >= 4 is 17.2 Å². The minimum atomic E-state index is -0.0343. The van der Waals surface area contributed by atoms with E-state index < -0.39 is 0 Å². The number of nitrogens with one attached hydrogen (secondary N) is 1. The van der Waals surface area contributed by atoms with E-state index in [0.29, 0.717) is 5.57 Å². The Morgan fingerprint density at radius 1 is 1.35 bits per heavy atom. The van der Waals surface area contributed by atoms with Crippen LogP contribution in [-0.4, -0.2) is 44.1 Å². The van der Waals surface area contributed by atoms with Crippen LogP contribution in [0.2, 0.25) is 0 Å². The second kappa shape index (κ2) is 8.22. The minimum Gasteiger partial charge on any atom is -0.352 e. The summed E-state index contributed by atoms with van der Waals surface area (Å²) in [6.07, 6.45) is 3.39. The summed E-state index contributed by atoms with van der Waals surface area (Å²) in [4.78, 5) is 12.8. The maximum absolute atomic E-state index is 11.4. The van der Waals surface area contributed by atoms with Crippen molar-refractivity contribution in [3.8, 4) is 0 Å². The molecule has 0 aliphatic carbocycles. The molecule has 112 valence electrons. The summed E-state index contributed by atoms with van der Waals surface area (Å²) in [5.41, 5.74) is 0.578. The first-order valence-electron chi connectivity index (χ1n) is 7.19. The third-order valence-corrected chi connectivity index (χ3v) is 4.32. The molecule has 0 aliphatic heterocycles. The highest BCUT2D eigenvalue weighted by Gasteiger charge is 2.14. The SMILES string of the molecule is C=C(C)C(=O)NCCC[N+](C)(C)CCCc1cccs1. The molecule has 0 fully saturated rings. The zero-order valence-corrected chi connectivity index (χ0v) is 13.8. The Kier molecular flexibility index (Phi) is 6.96. The van der Waals surface area contributed by atoms with Gasteiger partial charge in [0.05, 0.1) is 27.2 Å². The van der Waals surface area contributed by atoms with Gasteiger partial charge in [0.25, 0.3) is 0 Å². The predicted octanol–water partition coefficient (Wildman–Crippen LogP) is 2.84. The van der Waals surface area contributed by atoms with E-state index in [1.807, 2.05) is 11.3 Å². The van der Waals surface area contributed by atoms with Crippen LogP contribution in [0.4, 0.5) is 0 Å². The van der Waals surface area contributed by atoms with Crippen molar-refractivity contribution < 1.29 is 9.28 Å². The van der Waals surface area contributed by atoms with Gasteiger partial charge in [0.15, 0.2) is 0 Å². The first-order chi connectivity index (χ1) is 9.41. The molecule has 0 unspecified atom stereocenters. The molecular formula is C16H27N2OS+. The molecule has 0 saturated carbocycles. The van der Waals surface area contributed by atoms with Gasteiger partial charge in [-0.2, -0.15) is 0 Å². The van der Waals surface area contributed by atoms with E-state index in [0.717, 1.165) is 24.0 Å². The van der Waals surface area contributed by atoms with Gasteiger partial charge in [0.1, 0.15) is 0 Å². The number of amides is 1. The number of quaternary nitrogens is 1. The lowest BCUT2D eigenvalue weighted by atomic mass is 10.2. The summed E-state index contributed by atoms with van der Waals surface area (Å²) < 4.78 is 1.01. The second-order valence-electron chi connectivity index (χ2n) is 5.96. The number of hydrogen-bond acceptors (Lipinski definition) is 2. The molecule has 0 aromatic carbocycles. The Bertz CT molecular complexity index is 424. The molecule has 0 spiro atoms. The van der Waals surface area contributed by atoms with Gasteiger partial charge in [-0.15, -0.1) is 11.3 Å². The maximum atomic E-state index is 11.4. The normalized spacial score (nSPS) is 11.3. The van der Waals surface area contributed by atoms with E-state index in [1.165, 1.54) is 24.3 Å². The monoisotopic (exact) mass is 295 g/mol. The molecule has 20 heavy (non-hydrogen) atoms. The van der Waals surface area contributed by atoms with E-state index in [1.54, 1.807) is 6.92 Å². The lowest BCUT2D eigenvalue weighted by Gasteiger charge is -2.29. The average molecular weight is 295 g/mol. The quantitative estimate of drug-likeness (QED) is 0.424. The third kappa shape index (κ3) is 6.87. The third-order valence-electron chi connectivity index (χ3n) is 3.38. The molecule has 1 amide bonds. The highest BCUT2D eigenvalue weighted by Crippen LogP contribution is 2.12. The summed E-state index contributed by atoms with van der Waals surface area (Å²) >= 11 is 1.84. The summed E-state index contributed by atoms with van der Waals surface area (Å²) in [5.74, 6) is -0.0343. The highest BCUT2D eigenvalue weighted by molar-refractivity contribution is 7.09. The van der Waals surface area contributed by atoms with Crippen molar-refractivity contribution in [1.29, 1.82) is 0 Å². The van der Waals surface area contributed by atoms with Gasteiger partial charge in [-0.1, -0.05) is 12.6 Å². The van der Waals surface area contributed by atoms with Crippen LogP contribution in [0.25, 0.3) is 0 Å². The van der Waals surface area contributed by atoms with Gasteiger partial charge in [-0.3, -0.25) is 4.79 Å². The molecule has 3 nitrogen and oxygen atoms in total. The first kappa shape index (κ1) is 16.9. The van der Waals surface area contributed by atoms with Gasteiger partial charge in [-0.05, 0) is 24.8 Å². The smallest absolute Gasteiger partial charge is 0.246 e. The van der Waals surface area contributed by atoms with E-state index >= 15 is 0 Å². The largest absolute Gasteiger partial charge is 0.352 e. The molecular weight excluding hydrogens is 268 g/mol. The first-order valence-corrected chi connectivity index (χ1v) is 8.07. The highest BCUT2D eigenvalue weighted by atomic mass is 32.1. The second-order valence-corrected chi connectivity index (χ2v) is 6.99. The van der Waals surface area contributed by atoms with E-state index in [2.05, 4.69) is 43.5 Å². The van der Waals surface area contributed by atoms with Crippen molar-refractivity contribution in [3.63, 3.8) is 0 Å². The average Bonchev–Trinajstić information content (AvgIpc) is 2.87. The zero-order chi connectivity index (χ0) is 15.0. The van der Waals surface area contributed by atoms with Crippen LogP contribution < -0.4 is 5.32 Å². The van der Waals surface area contributed by atoms with Crippen LogP contribution in [-0.2, 0) is 11.2 Å². The van der Waals surface area contributed by atoms with Crippen molar-refractivity contribution in [2.45, 2.75) is 26.2 Å². The van der Waals surface area contributed by atoms with Gasteiger partial charge in [-0.25, -0.2) is 0 Å². The number of thiophene rings is 1. The zero-order valence-electron chi connectivity index (χ0n) is 12.9. The lowest BCUT2D eigenvalue weighted by Crippen LogP contribution is -2.42. The molecule has 0 aliphatic rings. The Hall–Kier alpha value is -1.13. The van der Waals surface area contributed by atoms with Crippen LogP contribution >= 0.6 is 11.3 Å². The number of aryl methyl sites for hydroxylation is 1. The topological polar surface area (TPSA) is 29.1 Å². The molecule has 1 aromatic rings. The summed E-state index contributed by atoms with van der Waals surface area (Å²) in [6.45, 7) is 8.36. The molecule has 1 heterocycles. The molecule has 1 rings (SSSR count). The van der Waals surface area contributed by atoms with Crippen LogP contribution in [0.1, 0.15) is 24.6 Å². The summed E-state index contributed by atoms with van der Waals surface area (Å²) in [7, 11) is 4.52. The summed E-state index contributed by atoms with van der Waals surface area (Å²) in [5, 5.41) is 5.02. The van der Waals surface area contributed by atoms with Gasteiger partial charge in [0, 0.05) is 29.8 Å². The van der Waals surface area contributed by atoms with Crippen LogP contribution in [0.5, 0.6) is 0 Å². The van der Waals surface area contributed by atoms with Gasteiger partial charge >= 0.3 is 0 Å². The van der Waals surface area contributed by atoms with Crippen molar-refractivity contribution in [2.75, 3.05) is 33.7 Å². The molecule has 0 atom stereocenters. The molecule has 0 radical (unpaired) electrons. The number of rotatable bonds is 9. The molecule has 0 saturated heterocycles. The van der Waals surface area contributed by atoms with Crippen molar-refractivity contribution in [1.82, 2.24) is 5.32 Å². The van der Waals surface area contributed by atoms with Crippen molar-refractivity contribution in [2.24, 2.45) is 0 Å². The predicted molar refractivity (Wildman–Crippen MR) is 86.9 cm³/mol. The minimum absolute atomic E-state index is 0.0343. The number of carbonyl (C=O) groups is 1. The number of carbonyl (C=O) groups excluding carboxylic acids is 1. The number of nitrogens with zero attached hydrogens (tertiary/aromatic N) is 1. The van der Waals surface area contributed by atoms with E-state index in [-0.39, 0.29) is 5.91 Å². The lowest BCUT2D eigenvalue weighted by molar-refractivity contribution is -0.890.